The predicted octanol–water partition coefficient (Wildman–Crippen LogP) is 2.24. The van der Waals surface area contributed by atoms with Crippen LogP contribution in [0.2, 0.25) is 0 Å². The smallest absolute Gasteiger partial charge is 0.223 e. The van der Waals surface area contributed by atoms with Gasteiger partial charge in [0.25, 0.3) is 0 Å². The first kappa shape index (κ1) is 12.7. The summed E-state index contributed by atoms with van der Waals surface area (Å²) in [6, 6.07) is 9.96. The van der Waals surface area contributed by atoms with Crippen molar-refractivity contribution < 1.29 is 4.79 Å². The molecule has 0 aliphatic heterocycles. The molecule has 0 spiro atoms. The maximum atomic E-state index is 12.4. The molecule has 102 valence electrons. The molecule has 4 unspecified atom stereocenters. The van der Waals surface area contributed by atoms with Gasteiger partial charge in [0.15, 0.2) is 0 Å². The molecule has 2 fully saturated rings. The summed E-state index contributed by atoms with van der Waals surface area (Å²) < 4.78 is 0. The van der Waals surface area contributed by atoms with E-state index in [1.807, 2.05) is 30.3 Å². The molecule has 2 aliphatic carbocycles. The van der Waals surface area contributed by atoms with Crippen LogP contribution >= 0.6 is 0 Å². The van der Waals surface area contributed by atoms with Crippen LogP contribution in [0.5, 0.6) is 0 Å². The number of amides is 1. The minimum atomic E-state index is -0.0483. The Bertz CT molecular complexity index is 445. The summed E-state index contributed by atoms with van der Waals surface area (Å²) in [5.74, 6) is 1.87. The van der Waals surface area contributed by atoms with E-state index in [0.29, 0.717) is 12.5 Å². The van der Waals surface area contributed by atoms with Crippen LogP contribution < -0.4 is 11.1 Å². The molecule has 3 rings (SSSR count). The molecular formula is C16H22N2O. The molecule has 0 radical (unpaired) electrons. The fourth-order valence-corrected chi connectivity index (χ4v) is 3.81. The average Bonchev–Trinajstić information content (AvgIpc) is 3.08. The summed E-state index contributed by atoms with van der Waals surface area (Å²) in [5.41, 5.74) is 6.91. The first-order valence-corrected chi connectivity index (χ1v) is 7.33. The van der Waals surface area contributed by atoms with Gasteiger partial charge < -0.3 is 11.1 Å². The third-order valence-corrected chi connectivity index (χ3v) is 4.83. The van der Waals surface area contributed by atoms with E-state index in [1.54, 1.807) is 0 Å². The van der Waals surface area contributed by atoms with Gasteiger partial charge in [-0.3, -0.25) is 4.79 Å². The second kappa shape index (κ2) is 5.33. The normalized spacial score (nSPS) is 30.3. The van der Waals surface area contributed by atoms with Crippen molar-refractivity contribution in [2.24, 2.45) is 23.5 Å². The number of rotatable bonds is 4. The van der Waals surface area contributed by atoms with E-state index in [2.05, 4.69) is 5.32 Å². The first-order chi connectivity index (χ1) is 9.28. The van der Waals surface area contributed by atoms with Crippen LogP contribution in [0.3, 0.4) is 0 Å². The summed E-state index contributed by atoms with van der Waals surface area (Å²) in [4.78, 5) is 12.4. The quantitative estimate of drug-likeness (QED) is 0.870. The lowest BCUT2D eigenvalue weighted by molar-refractivity contribution is -0.127. The third kappa shape index (κ3) is 2.52. The Morgan fingerprint density at radius 2 is 2.05 bits per heavy atom. The molecule has 19 heavy (non-hydrogen) atoms. The Labute approximate surface area is 114 Å². The zero-order valence-corrected chi connectivity index (χ0v) is 11.2. The third-order valence-electron chi connectivity index (χ3n) is 4.83. The van der Waals surface area contributed by atoms with Gasteiger partial charge in [0.1, 0.15) is 0 Å². The fraction of sp³-hybridized carbons (Fsp3) is 0.562. The van der Waals surface area contributed by atoms with Crippen LogP contribution in [0, 0.1) is 17.8 Å². The van der Waals surface area contributed by atoms with Gasteiger partial charge in [-0.2, -0.15) is 0 Å². The number of benzene rings is 1. The van der Waals surface area contributed by atoms with E-state index in [0.717, 1.165) is 17.9 Å². The zero-order valence-electron chi connectivity index (χ0n) is 11.2. The minimum Gasteiger partial charge on any atom is -0.348 e. The van der Waals surface area contributed by atoms with Crippen LogP contribution in [0.1, 0.15) is 37.3 Å². The SMILES string of the molecule is NCC(NC(=O)C1CC2CCC1C2)c1ccccc1. The lowest BCUT2D eigenvalue weighted by atomic mass is 9.88. The highest BCUT2D eigenvalue weighted by molar-refractivity contribution is 5.80. The monoisotopic (exact) mass is 258 g/mol. The van der Waals surface area contributed by atoms with Crippen molar-refractivity contribution in [3.8, 4) is 0 Å². The van der Waals surface area contributed by atoms with Gasteiger partial charge in [-0.1, -0.05) is 36.8 Å². The maximum Gasteiger partial charge on any atom is 0.223 e. The molecule has 3 heteroatoms. The highest BCUT2D eigenvalue weighted by atomic mass is 16.2. The second-order valence-electron chi connectivity index (χ2n) is 5.99. The molecule has 0 saturated heterocycles. The molecule has 2 aliphatic rings. The number of nitrogens with one attached hydrogen (secondary N) is 1. The summed E-state index contributed by atoms with van der Waals surface area (Å²) in [7, 11) is 0. The van der Waals surface area contributed by atoms with Crippen LogP contribution in [0.25, 0.3) is 0 Å². The lowest BCUT2D eigenvalue weighted by Crippen LogP contribution is -2.39. The number of hydrogen-bond donors (Lipinski definition) is 2. The van der Waals surface area contributed by atoms with Gasteiger partial charge in [0.05, 0.1) is 6.04 Å². The highest BCUT2D eigenvalue weighted by Crippen LogP contribution is 2.48. The summed E-state index contributed by atoms with van der Waals surface area (Å²) >= 11 is 0. The highest BCUT2D eigenvalue weighted by Gasteiger charge is 2.43. The Hall–Kier alpha value is -1.35. The van der Waals surface area contributed by atoms with Crippen molar-refractivity contribution in [2.45, 2.75) is 31.7 Å². The van der Waals surface area contributed by atoms with Crippen molar-refractivity contribution in [1.82, 2.24) is 5.32 Å². The standard InChI is InChI=1S/C16H22N2O/c17-10-15(12-4-2-1-3-5-12)18-16(19)14-9-11-6-7-13(14)8-11/h1-5,11,13-15H,6-10,17H2,(H,18,19). The fourth-order valence-electron chi connectivity index (χ4n) is 3.81. The largest absolute Gasteiger partial charge is 0.348 e. The number of nitrogens with two attached hydrogens (primary N) is 1. The molecule has 2 saturated carbocycles. The van der Waals surface area contributed by atoms with Gasteiger partial charge in [-0.25, -0.2) is 0 Å². The predicted molar refractivity (Wildman–Crippen MR) is 75.3 cm³/mol. The maximum absolute atomic E-state index is 12.4. The van der Waals surface area contributed by atoms with Crippen LogP contribution in [0.4, 0.5) is 0 Å². The minimum absolute atomic E-state index is 0.0483. The topological polar surface area (TPSA) is 55.1 Å². The summed E-state index contributed by atoms with van der Waals surface area (Å²) in [6.07, 6.45) is 4.91. The van der Waals surface area contributed by atoms with E-state index in [-0.39, 0.29) is 17.9 Å². The molecule has 1 aromatic carbocycles. The van der Waals surface area contributed by atoms with E-state index in [9.17, 15) is 4.79 Å². The van der Waals surface area contributed by atoms with Gasteiger partial charge in [0.2, 0.25) is 5.91 Å². The molecular weight excluding hydrogens is 236 g/mol. The molecule has 0 heterocycles. The lowest BCUT2D eigenvalue weighted by Gasteiger charge is -2.24. The second-order valence-corrected chi connectivity index (χ2v) is 5.99. The Morgan fingerprint density at radius 3 is 2.63 bits per heavy atom. The van der Waals surface area contributed by atoms with Crippen molar-refractivity contribution in [2.75, 3.05) is 6.54 Å². The van der Waals surface area contributed by atoms with Crippen molar-refractivity contribution >= 4 is 5.91 Å². The van der Waals surface area contributed by atoms with E-state index in [4.69, 9.17) is 5.73 Å². The molecule has 1 aromatic rings. The van der Waals surface area contributed by atoms with Gasteiger partial charge >= 0.3 is 0 Å². The molecule has 1 amide bonds. The summed E-state index contributed by atoms with van der Waals surface area (Å²) in [6.45, 7) is 0.455. The number of hydrogen-bond acceptors (Lipinski definition) is 2. The van der Waals surface area contributed by atoms with Gasteiger partial charge in [-0.15, -0.1) is 0 Å². The van der Waals surface area contributed by atoms with E-state index >= 15 is 0 Å². The Balaban J connectivity index is 1.65. The van der Waals surface area contributed by atoms with E-state index in [1.165, 1.54) is 19.3 Å². The van der Waals surface area contributed by atoms with Crippen LogP contribution in [-0.2, 0) is 4.79 Å². The Kier molecular flexibility index (Phi) is 3.56. The zero-order chi connectivity index (χ0) is 13.2. The number of fused-ring (bicyclic) bond motifs is 2. The summed E-state index contributed by atoms with van der Waals surface area (Å²) in [5, 5.41) is 3.15. The van der Waals surface area contributed by atoms with Gasteiger partial charge in [-0.05, 0) is 36.7 Å². The molecule has 4 atom stereocenters. The van der Waals surface area contributed by atoms with E-state index < -0.39 is 0 Å². The van der Waals surface area contributed by atoms with Gasteiger partial charge in [0, 0.05) is 12.5 Å². The first-order valence-electron chi connectivity index (χ1n) is 7.33. The van der Waals surface area contributed by atoms with Crippen molar-refractivity contribution in [3.63, 3.8) is 0 Å². The average molecular weight is 258 g/mol. The molecule has 2 bridgehead atoms. The van der Waals surface area contributed by atoms with Crippen LogP contribution in [-0.4, -0.2) is 12.5 Å². The molecule has 0 aromatic heterocycles. The van der Waals surface area contributed by atoms with Crippen LogP contribution in [0.15, 0.2) is 30.3 Å². The molecule has 3 nitrogen and oxygen atoms in total. The number of carbonyl (C=O) groups is 1. The van der Waals surface area contributed by atoms with Crippen molar-refractivity contribution in [1.29, 1.82) is 0 Å². The number of carbonyl (C=O) groups excluding carboxylic acids is 1. The molecule has 3 N–H and O–H groups in total. The van der Waals surface area contributed by atoms with Crippen molar-refractivity contribution in [3.05, 3.63) is 35.9 Å². The Morgan fingerprint density at radius 1 is 1.26 bits per heavy atom.